The first-order chi connectivity index (χ1) is 31.0. The summed E-state index contributed by atoms with van der Waals surface area (Å²) in [6, 6.07) is 0. The van der Waals surface area contributed by atoms with Crippen molar-refractivity contribution in [2.45, 2.75) is 258 Å². The molecule has 6 nitrogen and oxygen atoms in total. The lowest BCUT2D eigenvalue weighted by Crippen LogP contribution is -2.30. The summed E-state index contributed by atoms with van der Waals surface area (Å²) >= 11 is 0. The molecule has 0 fully saturated rings. The summed E-state index contributed by atoms with van der Waals surface area (Å²) in [5, 5.41) is 0. The Hall–Kier alpha value is -3.15. The van der Waals surface area contributed by atoms with Gasteiger partial charge < -0.3 is 14.2 Å². The fraction of sp³-hybridized carbons (Fsp3) is 0.737. The van der Waals surface area contributed by atoms with Crippen LogP contribution in [-0.2, 0) is 28.6 Å². The van der Waals surface area contributed by atoms with Crippen molar-refractivity contribution in [1.29, 1.82) is 0 Å². The fourth-order valence-corrected chi connectivity index (χ4v) is 7.17. The molecule has 0 aliphatic carbocycles. The monoisotopic (exact) mass is 879 g/mol. The average molecular weight is 879 g/mol. The van der Waals surface area contributed by atoms with Crippen molar-refractivity contribution in [2.75, 3.05) is 13.2 Å². The zero-order valence-electron chi connectivity index (χ0n) is 41.3. The predicted molar refractivity (Wildman–Crippen MR) is 270 cm³/mol. The van der Waals surface area contributed by atoms with Gasteiger partial charge in [-0.3, -0.25) is 14.4 Å². The minimum atomic E-state index is -0.798. The molecule has 0 aromatic rings. The summed E-state index contributed by atoms with van der Waals surface area (Å²) in [4.78, 5) is 38.0. The minimum absolute atomic E-state index is 0.0953. The van der Waals surface area contributed by atoms with Crippen LogP contribution in [0.1, 0.15) is 252 Å². The van der Waals surface area contributed by atoms with Crippen LogP contribution in [0.25, 0.3) is 0 Å². The highest BCUT2D eigenvalue weighted by molar-refractivity contribution is 5.71. The van der Waals surface area contributed by atoms with Crippen LogP contribution in [0, 0.1) is 0 Å². The van der Waals surface area contributed by atoms with Crippen LogP contribution in [-0.4, -0.2) is 37.2 Å². The Bertz CT molecular complexity index is 1190. The first-order valence-electron chi connectivity index (χ1n) is 26.4. The summed E-state index contributed by atoms with van der Waals surface area (Å²) < 4.78 is 16.8. The van der Waals surface area contributed by atoms with Gasteiger partial charge in [0.15, 0.2) is 6.10 Å². The highest BCUT2D eigenvalue weighted by atomic mass is 16.6. The third kappa shape index (κ3) is 49.7. The maximum absolute atomic E-state index is 12.8. The highest BCUT2D eigenvalue weighted by Crippen LogP contribution is 2.14. The van der Waals surface area contributed by atoms with Gasteiger partial charge in [-0.2, -0.15) is 0 Å². The third-order valence-corrected chi connectivity index (χ3v) is 11.2. The van der Waals surface area contributed by atoms with E-state index in [9.17, 15) is 14.4 Å². The predicted octanol–water partition coefficient (Wildman–Crippen LogP) is 17.4. The number of carbonyl (C=O) groups is 3. The van der Waals surface area contributed by atoms with Gasteiger partial charge in [-0.15, -0.1) is 0 Å². The molecule has 0 spiro atoms. The zero-order chi connectivity index (χ0) is 45.8. The van der Waals surface area contributed by atoms with E-state index in [4.69, 9.17) is 14.2 Å². The van der Waals surface area contributed by atoms with E-state index >= 15 is 0 Å². The van der Waals surface area contributed by atoms with E-state index in [1.165, 1.54) is 103 Å². The molecule has 0 bridgehead atoms. The van der Waals surface area contributed by atoms with Crippen LogP contribution in [0.15, 0.2) is 72.9 Å². The second-order valence-electron chi connectivity index (χ2n) is 17.4. The number of hydrogen-bond acceptors (Lipinski definition) is 6. The first kappa shape index (κ1) is 59.9. The SMILES string of the molecule is CC/C=C\C/C=C\C/C=C\C/C=C\CCCCCC(=O)OC(COC(=O)CCCCCCC/C=C\CCCC)COC(=O)CCCCCCC/C=C\CCCCCCCCCCC. The third-order valence-electron chi connectivity index (χ3n) is 11.2. The second kappa shape index (κ2) is 51.5. The Balaban J connectivity index is 4.42. The molecule has 0 aromatic carbocycles. The molecule has 0 saturated heterocycles. The Morgan fingerprint density at radius 2 is 0.635 bits per heavy atom. The van der Waals surface area contributed by atoms with Crippen molar-refractivity contribution in [2.24, 2.45) is 0 Å². The fourth-order valence-electron chi connectivity index (χ4n) is 7.17. The molecule has 0 amide bonds. The highest BCUT2D eigenvalue weighted by Gasteiger charge is 2.19. The van der Waals surface area contributed by atoms with Crippen molar-refractivity contribution in [3.05, 3.63) is 72.9 Å². The van der Waals surface area contributed by atoms with Gasteiger partial charge >= 0.3 is 17.9 Å². The maximum atomic E-state index is 12.8. The summed E-state index contributed by atoms with van der Waals surface area (Å²) in [6.45, 7) is 6.45. The summed E-state index contributed by atoms with van der Waals surface area (Å²) in [5.74, 6) is -0.942. The van der Waals surface area contributed by atoms with Gasteiger partial charge in [-0.25, -0.2) is 0 Å². The lowest BCUT2D eigenvalue weighted by atomic mass is 10.1. The molecule has 0 heterocycles. The van der Waals surface area contributed by atoms with Crippen LogP contribution < -0.4 is 0 Å². The molecule has 0 aliphatic rings. The molecule has 0 rings (SSSR count). The number of unbranched alkanes of at least 4 members (excludes halogenated alkanes) is 24. The van der Waals surface area contributed by atoms with Crippen molar-refractivity contribution in [3.63, 3.8) is 0 Å². The lowest BCUT2D eigenvalue weighted by molar-refractivity contribution is -0.167. The molecule has 63 heavy (non-hydrogen) atoms. The number of rotatable bonds is 47. The van der Waals surface area contributed by atoms with E-state index in [1.807, 2.05) is 0 Å². The Kier molecular flexibility index (Phi) is 48.9. The van der Waals surface area contributed by atoms with Crippen LogP contribution in [0.3, 0.4) is 0 Å². The van der Waals surface area contributed by atoms with Crippen LogP contribution in [0.4, 0.5) is 0 Å². The summed E-state index contributed by atoms with van der Waals surface area (Å²) in [7, 11) is 0. The quantitative estimate of drug-likeness (QED) is 0.0262. The van der Waals surface area contributed by atoms with E-state index in [0.29, 0.717) is 12.8 Å². The second-order valence-corrected chi connectivity index (χ2v) is 17.4. The van der Waals surface area contributed by atoms with Gasteiger partial charge in [0.25, 0.3) is 0 Å². The first-order valence-corrected chi connectivity index (χ1v) is 26.4. The van der Waals surface area contributed by atoms with Crippen molar-refractivity contribution in [3.8, 4) is 0 Å². The van der Waals surface area contributed by atoms with Crippen molar-refractivity contribution < 1.29 is 28.6 Å². The topological polar surface area (TPSA) is 78.9 Å². The molecule has 362 valence electrons. The number of ether oxygens (including phenoxy) is 3. The molecule has 6 heteroatoms. The van der Waals surface area contributed by atoms with Crippen LogP contribution in [0.2, 0.25) is 0 Å². The number of hydrogen-bond donors (Lipinski definition) is 0. The molecule has 0 aromatic heterocycles. The minimum Gasteiger partial charge on any atom is -0.462 e. The number of allylic oxidation sites excluding steroid dienone is 12. The van der Waals surface area contributed by atoms with Crippen LogP contribution in [0.5, 0.6) is 0 Å². The van der Waals surface area contributed by atoms with E-state index in [0.717, 1.165) is 109 Å². The van der Waals surface area contributed by atoms with E-state index in [1.54, 1.807) is 0 Å². The molecule has 0 radical (unpaired) electrons. The lowest BCUT2D eigenvalue weighted by Gasteiger charge is -2.18. The van der Waals surface area contributed by atoms with E-state index in [-0.39, 0.29) is 37.5 Å². The smallest absolute Gasteiger partial charge is 0.306 e. The van der Waals surface area contributed by atoms with Gasteiger partial charge in [-0.1, -0.05) is 203 Å². The van der Waals surface area contributed by atoms with Gasteiger partial charge in [0, 0.05) is 19.3 Å². The Morgan fingerprint density at radius 3 is 1.05 bits per heavy atom. The van der Waals surface area contributed by atoms with E-state index < -0.39 is 6.10 Å². The average Bonchev–Trinajstić information content (AvgIpc) is 3.28. The van der Waals surface area contributed by atoms with E-state index in [2.05, 4.69) is 93.7 Å². The van der Waals surface area contributed by atoms with Gasteiger partial charge in [-0.05, 0) is 103 Å². The van der Waals surface area contributed by atoms with Crippen molar-refractivity contribution in [1.82, 2.24) is 0 Å². The van der Waals surface area contributed by atoms with Gasteiger partial charge in [0.05, 0.1) is 0 Å². The standard InChI is InChI=1S/C57H98O6/c1-4-7-10-13-16-19-22-24-26-28-29-31-32-35-38-41-44-47-50-56(59)62-53-54(52-61-55(58)49-46-43-40-37-34-21-18-15-12-9-6-3)63-57(60)51-48-45-42-39-36-33-30-27-25-23-20-17-14-11-8-5-2/h8,11,15,17-18,20,25,27,29,31,33,36,54H,4-7,9-10,12-14,16,19,21-24,26,28,30,32,34-35,37-53H2,1-3H3/b11-8-,18-15-,20-17-,27-25-,31-29-,36-33-. The summed E-state index contributed by atoms with van der Waals surface area (Å²) in [6.07, 6.45) is 64.6. The van der Waals surface area contributed by atoms with Gasteiger partial charge in [0.2, 0.25) is 0 Å². The maximum Gasteiger partial charge on any atom is 0.306 e. The Morgan fingerprint density at radius 1 is 0.333 bits per heavy atom. The molecule has 0 aliphatic heterocycles. The van der Waals surface area contributed by atoms with Gasteiger partial charge in [0.1, 0.15) is 13.2 Å². The largest absolute Gasteiger partial charge is 0.462 e. The molecule has 0 saturated carbocycles. The zero-order valence-corrected chi connectivity index (χ0v) is 41.3. The Labute approximate surface area is 389 Å². The van der Waals surface area contributed by atoms with Crippen molar-refractivity contribution >= 4 is 17.9 Å². The molecular weight excluding hydrogens is 781 g/mol. The normalized spacial score (nSPS) is 12.6. The molecule has 1 atom stereocenters. The number of esters is 3. The molecular formula is C57H98O6. The molecule has 1 unspecified atom stereocenters. The molecule has 0 N–H and O–H groups in total. The summed E-state index contributed by atoms with van der Waals surface area (Å²) in [5.41, 5.74) is 0. The number of carbonyl (C=O) groups excluding carboxylic acids is 3. The van der Waals surface area contributed by atoms with Crippen LogP contribution >= 0.6 is 0 Å².